The van der Waals surface area contributed by atoms with Crippen LogP contribution in [0.25, 0.3) is 0 Å². The number of rotatable bonds is 6. The van der Waals surface area contributed by atoms with Gasteiger partial charge in [-0.3, -0.25) is 4.90 Å². The van der Waals surface area contributed by atoms with Crippen molar-refractivity contribution in [1.82, 2.24) is 15.2 Å². The fourth-order valence-electron chi connectivity index (χ4n) is 2.28. The van der Waals surface area contributed by atoms with Crippen molar-refractivity contribution in [3.8, 4) is 0 Å². The van der Waals surface area contributed by atoms with Gasteiger partial charge in [0.2, 0.25) is 0 Å². The molecule has 1 aromatic heterocycles. The van der Waals surface area contributed by atoms with E-state index in [2.05, 4.69) is 15.2 Å². The molecule has 1 fully saturated rings. The number of hydrogen-bond acceptors (Lipinski definition) is 5. The molecule has 0 amide bonds. The lowest BCUT2D eigenvalue weighted by molar-refractivity contribution is -0.0219. The Morgan fingerprint density at radius 3 is 2.85 bits per heavy atom. The van der Waals surface area contributed by atoms with Crippen LogP contribution in [0.3, 0.4) is 0 Å². The lowest BCUT2D eigenvalue weighted by atomic mass is 10.1. The molecule has 1 atom stereocenters. The summed E-state index contributed by atoms with van der Waals surface area (Å²) in [6, 6.07) is 3.70. The number of pyridine rings is 1. The van der Waals surface area contributed by atoms with Crippen molar-refractivity contribution in [3.05, 3.63) is 29.0 Å². The highest BCUT2D eigenvalue weighted by Crippen LogP contribution is 2.09. The van der Waals surface area contributed by atoms with Gasteiger partial charge >= 0.3 is 0 Å². The molecule has 20 heavy (non-hydrogen) atoms. The Morgan fingerprint density at radius 1 is 1.45 bits per heavy atom. The number of β-amino-alcohol motifs (C(OH)–C–C–N with tert-alkyl or cyclic N) is 1. The highest BCUT2D eigenvalue weighted by molar-refractivity contribution is 6.29. The van der Waals surface area contributed by atoms with Crippen LogP contribution in [0, 0.1) is 0 Å². The summed E-state index contributed by atoms with van der Waals surface area (Å²) in [5, 5.41) is 14.2. The minimum Gasteiger partial charge on any atom is -0.388 e. The lowest BCUT2D eigenvalue weighted by Crippen LogP contribution is -2.50. The van der Waals surface area contributed by atoms with Crippen LogP contribution in [0.5, 0.6) is 0 Å². The first kappa shape index (κ1) is 15.7. The van der Waals surface area contributed by atoms with Gasteiger partial charge in [-0.15, -0.1) is 0 Å². The number of halogens is 1. The Labute approximate surface area is 124 Å². The van der Waals surface area contributed by atoms with Gasteiger partial charge in [0.05, 0.1) is 18.8 Å². The van der Waals surface area contributed by atoms with E-state index < -0.39 is 5.60 Å². The minimum atomic E-state index is -0.753. The molecule has 2 rings (SSSR count). The number of nitrogens with one attached hydrogen (secondary N) is 1. The molecule has 2 heterocycles. The maximum absolute atomic E-state index is 10.4. The monoisotopic (exact) mass is 299 g/mol. The predicted molar refractivity (Wildman–Crippen MR) is 78.8 cm³/mol. The van der Waals surface area contributed by atoms with Crippen LogP contribution in [-0.2, 0) is 11.3 Å². The zero-order valence-electron chi connectivity index (χ0n) is 11.8. The number of aliphatic hydroxyl groups is 1. The second-order valence-electron chi connectivity index (χ2n) is 5.48. The highest BCUT2D eigenvalue weighted by atomic mass is 35.5. The Bertz CT molecular complexity index is 405. The fraction of sp³-hybridized carbons (Fsp3) is 0.643. The fourth-order valence-corrected chi connectivity index (χ4v) is 2.40. The maximum atomic E-state index is 10.4. The second kappa shape index (κ2) is 7.33. The van der Waals surface area contributed by atoms with Crippen LogP contribution >= 0.6 is 11.6 Å². The Hall–Kier alpha value is -0.720. The van der Waals surface area contributed by atoms with Crippen molar-refractivity contribution in [1.29, 1.82) is 0 Å². The van der Waals surface area contributed by atoms with Gasteiger partial charge in [0.1, 0.15) is 5.15 Å². The van der Waals surface area contributed by atoms with Gasteiger partial charge in [-0.2, -0.15) is 0 Å². The van der Waals surface area contributed by atoms with Gasteiger partial charge in [0.15, 0.2) is 0 Å². The molecule has 1 aliphatic rings. The normalized spacial score (nSPS) is 19.8. The van der Waals surface area contributed by atoms with Crippen LogP contribution in [0.15, 0.2) is 18.3 Å². The summed E-state index contributed by atoms with van der Waals surface area (Å²) in [6.45, 7) is 6.99. The van der Waals surface area contributed by atoms with Crippen LogP contribution in [0.2, 0.25) is 5.15 Å². The predicted octanol–water partition coefficient (Wildman–Crippen LogP) is 0.908. The Morgan fingerprint density at radius 2 is 2.20 bits per heavy atom. The van der Waals surface area contributed by atoms with E-state index in [0.717, 1.165) is 31.9 Å². The van der Waals surface area contributed by atoms with E-state index >= 15 is 0 Å². The van der Waals surface area contributed by atoms with E-state index in [1.165, 1.54) is 0 Å². The average Bonchev–Trinajstić information content (AvgIpc) is 2.41. The van der Waals surface area contributed by atoms with Crippen molar-refractivity contribution in [2.45, 2.75) is 19.1 Å². The summed E-state index contributed by atoms with van der Waals surface area (Å²) in [5.41, 5.74) is 0.300. The molecule has 5 nitrogen and oxygen atoms in total. The van der Waals surface area contributed by atoms with E-state index in [0.29, 0.717) is 24.8 Å². The van der Waals surface area contributed by atoms with Gasteiger partial charge in [0, 0.05) is 38.9 Å². The van der Waals surface area contributed by atoms with Crippen LogP contribution in [0.4, 0.5) is 0 Å². The molecule has 1 aliphatic heterocycles. The molecule has 0 saturated carbocycles. The van der Waals surface area contributed by atoms with Gasteiger partial charge in [-0.25, -0.2) is 4.98 Å². The van der Waals surface area contributed by atoms with E-state index in [9.17, 15) is 5.11 Å². The summed E-state index contributed by atoms with van der Waals surface area (Å²) in [7, 11) is 0. The molecule has 1 unspecified atom stereocenters. The molecule has 0 spiro atoms. The maximum Gasteiger partial charge on any atom is 0.129 e. The van der Waals surface area contributed by atoms with Gasteiger partial charge in [0.25, 0.3) is 0 Å². The van der Waals surface area contributed by atoms with E-state index in [-0.39, 0.29) is 0 Å². The third kappa shape index (κ3) is 5.34. The number of hydrogen-bond donors (Lipinski definition) is 2. The summed E-state index contributed by atoms with van der Waals surface area (Å²) in [5.74, 6) is 0. The molecular weight excluding hydrogens is 278 g/mol. The molecule has 0 aliphatic carbocycles. The standard InChI is InChI=1S/C14H22ClN3O2/c1-14(19,11-18-4-6-20-7-5-18)10-16-8-12-2-3-13(15)17-9-12/h2-3,9,16,19H,4-8,10-11H2,1H3. The minimum absolute atomic E-state index is 0.494. The SMILES string of the molecule is CC(O)(CNCc1ccc(Cl)nc1)CN1CCOCC1. The first-order valence-corrected chi connectivity index (χ1v) is 7.27. The number of nitrogens with zero attached hydrogens (tertiary/aromatic N) is 2. The highest BCUT2D eigenvalue weighted by Gasteiger charge is 2.24. The molecule has 1 saturated heterocycles. The zero-order valence-corrected chi connectivity index (χ0v) is 12.6. The first-order valence-electron chi connectivity index (χ1n) is 6.89. The molecule has 112 valence electrons. The van der Waals surface area contributed by atoms with Crippen molar-refractivity contribution in [2.24, 2.45) is 0 Å². The number of aromatic nitrogens is 1. The average molecular weight is 300 g/mol. The summed E-state index contributed by atoms with van der Waals surface area (Å²) in [4.78, 5) is 6.26. The molecular formula is C14H22ClN3O2. The van der Waals surface area contributed by atoms with Gasteiger partial charge < -0.3 is 15.2 Å². The molecule has 0 radical (unpaired) electrons. The van der Waals surface area contributed by atoms with Crippen molar-refractivity contribution >= 4 is 11.6 Å². The number of morpholine rings is 1. The van der Waals surface area contributed by atoms with Crippen molar-refractivity contribution in [3.63, 3.8) is 0 Å². The van der Waals surface area contributed by atoms with E-state index in [4.69, 9.17) is 16.3 Å². The van der Waals surface area contributed by atoms with Gasteiger partial charge in [-0.1, -0.05) is 17.7 Å². The largest absolute Gasteiger partial charge is 0.388 e. The Balaban J connectivity index is 1.72. The Kier molecular flexibility index (Phi) is 5.74. The van der Waals surface area contributed by atoms with Crippen molar-refractivity contribution < 1.29 is 9.84 Å². The third-order valence-electron chi connectivity index (χ3n) is 3.29. The topological polar surface area (TPSA) is 57.6 Å². The quantitative estimate of drug-likeness (QED) is 0.765. The second-order valence-corrected chi connectivity index (χ2v) is 5.87. The number of ether oxygens (including phenoxy) is 1. The molecule has 2 N–H and O–H groups in total. The van der Waals surface area contributed by atoms with E-state index in [1.54, 1.807) is 12.3 Å². The summed E-state index contributed by atoms with van der Waals surface area (Å²) < 4.78 is 5.31. The lowest BCUT2D eigenvalue weighted by Gasteiger charge is -2.34. The van der Waals surface area contributed by atoms with Crippen LogP contribution in [-0.4, -0.2) is 60.0 Å². The molecule has 6 heteroatoms. The smallest absolute Gasteiger partial charge is 0.129 e. The van der Waals surface area contributed by atoms with Crippen molar-refractivity contribution in [2.75, 3.05) is 39.4 Å². The molecule has 0 bridgehead atoms. The van der Waals surface area contributed by atoms with Gasteiger partial charge in [-0.05, 0) is 18.6 Å². The van der Waals surface area contributed by atoms with Crippen LogP contribution in [0.1, 0.15) is 12.5 Å². The summed E-state index contributed by atoms with van der Waals surface area (Å²) in [6.07, 6.45) is 1.74. The molecule has 0 aromatic carbocycles. The van der Waals surface area contributed by atoms with Crippen LogP contribution < -0.4 is 5.32 Å². The van der Waals surface area contributed by atoms with E-state index in [1.807, 2.05) is 13.0 Å². The zero-order chi connectivity index (χ0) is 14.4. The third-order valence-corrected chi connectivity index (χ3v) is 3.52. The molecule has 1 aromatic rings. The summed E-state index contributed by atoms with van der Waals surface area (Å²) >= 11 is 5.74. The first-order chi connectivity index (χ1) is 9.55.